The molecule has 0 radical (unpaired) electrons. The van der Waals surface area contributed by atoms with Crippen LogP contribution in [-0.4, -0.2) is 35.5 Å². The van der Waals surface area contributed by atoms with Crippen molar-refractivity contribution in [3.63, 3.8) is 0 Å². The summed E-state index contributed by atoms with van der Waals surface area (Å²) in [5, 5.41) is 4.61. The van der Waals surface area contributed by atoms with Gasteiger partial charge < -0.3 is 9.88 Å². The van der Waals surface area contributed by atoms with E-state index < -0.39 is 9.84 Å². The largest absolute Gasteiger partial charge is 0.365 e. The highest BCUT2D eigenvalue weighted by atomic mass is 32.2. The molecule has 132 valence electrons. The van der Waals surface area contributed by atoms with Gasteiger partial charge in [-0.1, -0.05) is 6.92 Å². The number of nitrogens with zero attached hydrogens (tertiary/aromatic N) is 2. The smallest absolute Gasteiger partial charge is 0.262 e. The quantitative estimate of drug-likeness (QED) is 0.893. The lowest BCUT2D eigenvalue weighted by Gasteiger charge is -2.23. The van der Waals surface area contributed by atoms with Gasteiger partial charge in [-0.3, -0.25) is 4.79 Å². The van der Waals surface area contributed by atoms with E-state index in [1.54, 1.807) is 6.20 Å². The Hall–Kier alpha value is -1.89. The Labute approximate surface area is 142 Å². The second kappa shape index (κ2) is 6.55. The highest BCUT2D eigenvalue weighted by molar-refractivity contribution is 7.90. The lowest BCUT2D eigenvalue weighted by atomic mass is 10.1. The van der Waals surface area contributed by atoms with E-state index in [1.165, 1.54) is 10.8 Å². The summed E-state index contributed by atoms with van der Waals surface area (Å²) in [7, 11) is -3.13. The van der Waals surface area contributed by atoms with Gasteiger partial charge in [-0.05, 0) is 44.7 Å². The van der Waals surface area contributed by atoms with Crippen LogP contribution >= 0.6 is 0 Å². The van der Waals surface area contributed by atoms with Crippen LogP contribution in [0.3, 0.4) is 0 Å². The molecule has 0 saturated heterocycles. The minimum absolute atomic E-state index is 0.0685. The van der Waals surface area contributed by atoms with Gasteiger partial charge in [0.25, 0.3) is 5.56 Å². The Balaban J connectivity index is 2.62. The SMILES string of the molecule is CCc1cc2ccn(CCS(C)(=O)=O)c(=O)c2c(NC(C)(C)C)n1. The topological polar surface area (TPSA) is 81.1 Å². The molecule has 1 N–H and O–H groups in total. The van der Waals surface area contributed by atoms with Crippen molar-refractivity contribution in [3.8, 4) is 0 Å². The molecule has 0 unspecified atom stereocenters. The molecule has 0 aliphatic carbocycles. The van der Waals surface area contributed by atoms with Gasteiger partial charge in [0, 0.05) is 30.2 Å². The van der Waals surface area contributed by atoms with E-state index in [0.717, 1.165) is 17.5 Å². The monoisotopic (exact) mass is 351 g/mol. The highest BCUT2D eigenvalue weighted by Gasteiger charge is 2.17. The molecule has 0 spiro atoms. The summed E-state index contributed by atoms with van der Waals surface area (Å²) in [6, 6.07) is 3.75. The van der Waals surface area contributed by atoms with Gasteiger partial charge in [-0.15, -0.1) is 0 Å². The van der Waals surface area contributed by atoms with Gasteiger partial charge in [-0.2, -0.15) is 0 Å². The maximum Gasteiger partial charge on any atom is 0.262 e. The Bertz CT molecular complexity index is 909. The zero-order valence-electron chi connectivity index (χ0n) is 14.9. The summed E-state index contributed by atoms with van der Waals surface area (Å²) in [6.07, 6.45) is 3.59. The predicted octanol–water partition coefficient (Wildman–Crippen LogP) is 2.21. The van der Waals surface area contributed by atoms with E-state index in [1.807, 2.05) is 39.8 Å². The predicted molar refractivity (Wildman–Crippen MR) is 98.5 cm³/mol. The average Bonchev–Trinajstić information content (AvgIpc) is 2.43. The summed E-state index contributed by atoms with van der Waals surface area (Å²) in [5.74, 6) is 0.483. The first-order valence-electron chi connectivity index (χ1n) is 7.99. The molecule has 7 heteroatoms. The molecule has 0 aliphatic heterocycles. The number of anilines is 1. The third-order valence-electron chi connectivity index (χ3n) is 3.57. The van der Waals surface area contributed by atoms with Gasteiger partial charge in [0.05, 0.1) is 11.1 Å². The van der Waals surface area contributed by atoms with Crippen molar-refractivity contribution >= 4 is 26.4 Å². The van der Waals surface area contributed by atoms with Gasteiger partial charge in [0.1, 0.15) is 15.7 Å². The minimum Gasteiger partial charge on any atom is -0.365 e. The van der Waals surface area contributed by atoms with Crippen molar-refractivity contribution in [2.24, 2.45) is 0 Å². The van der Waals surface area contributed by atoms with Crippen LogP contribution in [0.2, 0.25) is 0 Å². The van der Waals surface area contributed by atoms with Crippen LogP contribution in [0, 0.1) is 0 Å². The first-order valence-corrected chi connectivity index (χ1v) is 10.1. The van der Waals surface area contributed by atoms with E-state index in [2.05, 4.69) is 10.3 Å². The molecule has 2 heterocycles. The molecule has 0 atom stereocenters. The second-order valence-electron chi connectivity index (χ2n) is 7.10. The number of hydrogen-bond acceptors (Lipinski definition) is 5. The number of aromatic nitrogens is 2. The molecule has 0 aliphatic rings. The Kier molecular flexibility index (Phi) is 5.03. The van der Waals surface area contributed by atoms with Crippen LogP contribution in [0.25, 0.3) is 10.8 Å². The normalized spacial score (nSPS) is 12.5. The van der Waals surface area contributed by atoms with Gasteiger partial charge in [0.2, 0.25) is 0 Å². The molecule has 0 aromatic carbocycles. The van der Waals surface area contributed by atoms with Crippen LogP contribution in [0.15, 0.2) is 23.1 Å². The van der Waals surface area contributed by atoms with Gasteiger partial charge in [-0.25, -0.2) is 13.4 Å². The Morgan fingerprint density at radius 3 is 2.50 bits per heavy atom. The van der Waals surface area contributed by atoms with Gasteiger partial charge >= 0.3 is 0 Å². The molecular weight excluding hydrogens is 326 g/mol. The molecule has 0 saturated carbocycles. The summed E-state index contributed by atoms with van der Waals surface area (Å²) in [5.41, 5.74) is 0.437. The minimum atomic E-state index is -3.13. The molecule has 0 fully saturated rings. The molecule has 2 aromatic heterocycles. The number of rotatable bonds is 5. The van der Waals surface area contributed by atoms with Crippen molar-refractivity contribution < 1.29 is 8.42 Å². The average molecular weight is 351 g/mol. The standard InChI is InChI=1S/C17H25N3O3S/c1-6-13-11-12-7-8-20(9-10-24(5,22)23)16(21)14(12)15(18-13)19-17(2,3)4/h7-8,11H,6,9-10H2,1-5H3,(H,18,19). The number of aryl methyl sites for hydroxylation is 2. The molecule has 0 amide bonds. The zero-order valence-corrected chi connectivity index (χ0v) is 15.7. The first kappa shape index (κ1) is 18.4. The van der Waals surface area contributed by atoms with E-state index in [4.69, 9.17) is 0 Å². The van der Waals surface area contributed by atoms with Crippen molar-refractivity contribution in [2.75, 3.05) is 17.3 Å². The summed E-state index contributed by atoms with van der Waals surface area (Å²) < 4.78 is 24.2. The third kappa shape index (κ3) is 4.56. The van der Waals surface area contributed by atoms with Crippen molar-refractivity contribution in [2.45, 2.75) is 46.2 Å². The zero-order chi connectivity index (χ0) is 18.1. The molecule has 2 rings (SSSR count). The van der Waals surface area contributed by atoms with E-state index in [9.17, 15) is 13.2 Å². The van der Waals surface area contributed by atoms with Crippen LogP contribution in [0.5, 0.6) is 0 Å². The number of hydrogen-bond donors (Lipinski definition) is 1. The van der Waals surface area contributed by atoms with Crippen molar-refractivity contribution in [1.82, 2.24) is 9.55 Å². The van der Waals surface area contributed by atoms with E-state index >= 15 is 0 Å². The number of pyridine rings is 2. The maximum absolute atomic E-state index is 12.8. The Morgan fingerprint density at radius 2 is 1.96 bits per heavy atom. The molecule has 6 nitrogen and oxygen atoms in total. The van der Waals surface area contributed by atoms with Crippen molar-refractivity contribution in [1.29, 1.82) is 0 Å². The van der Waals surface area contributed by atoms with Gasteiger partial charge in [0.15, 0.2) is 0 Å². The van der Waals surface area contributed by atoms with E-state index in [0.29, 0.717) is 11.2 Å². The Morgan fingerprint density at radius 1 is 1.29 bits per heavy atom. The summed E-state index contributed by atoms with van der Waals surface area (Å²) in [4.78, 5) is 17.4. The summed E-state index contributed by atoms with van der Waals surface area (Å²) in [6.45, 7) is 8.17. The molecule has 24 heavy (non-hydrogen) atoms. The van der Waals surface area contributed by atoms with Crippen molar-refractivity contribution in [3.05, 3.63) is 34.4 Å². The molecule has 2 aromatic rings. The fourth-order valence-electron chi connectivity index (χ4n) is 2.42. The number of sulfone groups is 1. The van der Waals surface area contributed by atoms with Crippen LogP contribution in [-0.2, 0) is 22.8 Å². The lowest BCUT2D eigenvalue weighted by molar-refractivity contribution is 0.593. The lowest BCUT2D eigenvalue weighted by Crippen LogP contribution is -2.29. The number of nitrogens with one attached hydrogen (secondary N) is 1. The maximum atomic E-state index is 12.8. The van der Waals surface area contributed by atoms with Crippen LogP contribution in [0.4, 0.5) is 5.82 Å². The fourth-order valence-corrected chi connectivity index (χ4v) is 2.95. The molecular formula is C17H25N3O3S. The van der Waals surface area contributed by atoms with Crippen LogP contribution in [0.1, 0.15) is 33.4 Å². The third-order valence-corrected chi connectivity index (χ3v) is 4.49. The fraction of sp³-hybridized carbons (Fsp3) is 0.529. The number of fused-ring (bicyclic) bond motifs is 1. The van der Waals surface area contributed by atoms with E-state index in [-0.39, 0.29) is 23.4 Å². The summed E-state index contributed by atoms with van der Waals surface area (Å²) >= 11 is 0. The first-order chi connectivity index (χ1) is 11.0. The highest BCUT2D eigenvalue weighted by Crippen LogP contribution is 2.22. The van der Waals surface area contributed by atoms with Crippen LogP contribution < -0.4 is 10.9 Å². The second-order valence-corrected chi connectivity index (χ2v) is 9.36. The molecule has 0 bridgehead atoms.